The van der Waals surface area contributed by atoms with Gasteiger partial charge in [0, 0.05) is 17.3 Å². The monoisotopic (exact) mass is 353 g/mol. The highest BCUT2D eigenvalue weighted by molar-refractivity contribution is 5.94. The second-order valence-corrected chi connectivity index (χ2v) is 5.74. The van der Waals surface area contributed by atoms with Gasteiger partial charge in [-0.05, 0) is 43.2 Å². The zero-order chi connectivity index (χ0) is 18.8. The molecule has 0 aliphatic carbocycles. The van der Waals surface area contributed by atoms with Crippen molar-refractivity contribution in [1.29, 1.82) is 0 Å². The fourth-order valence-corrected chi connectivity index (χ4v) is 2.22. The molecule has 5 nitrogen and oxygen atoms in total. The van der Waals surface area contributed by atoms with Gasteiger partial charge < -0.3 is 14.8 Å². The summed E-state index contributed by atoms with van der Waals surface area (Å²) in [5.74, 6) is -0.269. The Labute approximate surface area is 153 Å². The summed E-state index contributed by atoms with van der Waals surface area (Å²) in [4.78, 5) is 23.7. The SMILES string of the molecule is CCCOc1ccccc1/C=C/C(=O)OCC(=O)Nc1cccc(C)c1. The number of benzene rings is 2. The summed E-state index contributed by atoms with van der Waals surface area (Å²) in [7, 11) is 0. The van der Waals surface area contributed by atoms with Gasteiger partial charge in [0.15, 0.2) is 6.61 Å². The Morgan fingerprint density at radius 2 is 1.92 bits per heavy atom. The van der Waals surface area contributed by atoms with Gasteiger partial charge in [0.1, 0.15) is 5.75 Å². The molecule has 0 radical (unpaired) electrons. The number of carbonyl (C=O) groups excluding carboxylic acids is 2. The maximum atomic E-state index is 11.8. The summed E-state index contributed by atoms with van der Waals surface area (Å²) < 4.78 is 10.6. The molecule has 2 rings (SSSR count). The van der Waals surface area contributed by atoms with E-state index in [2.05, 4.69) is 5.32 Å². The fourth-order valence-electron chi connectivity index (χ4n) is 2.22. The second kappa shape index (κ2) is 10.0. The summed E-state index contributed by atoms with van der Waals surface area (Å²) in [5, 5.41) is 2.68. The number of hydrogen-bond acceptors (Lipinski definition) is 4. The van der Waals surface area contributed by atoms with Gasteiger partial charge in [0.05, 0.1) is 6.61 Å². The standard InChI is InChI=1S/C21H23NO4/c1-3-13-25-19-10-5-4-8-17(19)11-12-21(24)26-15-20(23)22-18-9-6-7-16(2)14-18/h4-12,14H,3,13,15H2,1-2H3,(H,22,23)/b12-11+. The van der Waals surface area contributed by atoms with E-state index in [0.29, 0.717) is 18.0 Å². The van der Waals surface area contributed by atoms with Crippen LogP contribution in [0, 0.1) is 6.92 Å². The van der Waals surface area contributed by atoms with Crippen LogP contribution in [-0.2, 0) is 14.3 Å². The molecule has 0 atom stereocenters. The summed E-state index contributed by atoms with van der Waals surface area (Å²) >= 11 is 0. The van der Waals surface area contributed by atoms with Crippen LogP contribution in [0.2, 0.25) is 0 Å². The van der Waals surface area contributed by atoms with Gasteiger partial charge in [-0.25, -0.2) is 4.79 Å². The lowest BCUT2D eigenvalue weighted by atomic mass is 10.2. The van der Waals surface area contributed by atoms with Crippen LogP contribution in [0.3, 0.4) is 0 Å². The van der Waals surface area contributed by atoms with Gasteiger partial charge in [-0.2, -0.15) is 0 Å². The zero-order valence-electron chi connectivity index (χ0n) is 15.0. The number of para-hydroxylation sites is 1. The number of esters is 1. The van der Waals surface area contributed by atoms with Crippen molar-refractivity contribution in [2.45, 2.75) is 20.3 Å². The molecular formula is C21H23NO4. The Morgan fingerprint density at radius 1 is 1.12 bits per heavy atom. The lowest BCUT2D eigenvalue weighted by Crippen LogP contribution is -2.20. The Bertz CT molecular complexity index is 783. The van der Waals surface area contributed by atoms with Crippen LogP contribution in [-0.4, -0.2) is 25.1 Å². The predicted octanol–water partition coefficient (Wildman–Crippen LogP) is 3.98. The molecule has 0 aromatic heterocycles. The van der Waals surface area contributed by atoms with E-state index in [9.17, 15) is 9.59 Å². The molecule has 2 aromatic rings. The van der Waals surface area contributed by atoms with E-state index in [1.807, 2.05) is 56.3 Å². The number of nitrogens with one attached hydrogen (secondary N) is 1. The quantitative estimate of drug-likeness (QED) is 0.576. The minimum atomic E-state index is -0.588. The highest BCUT2D eigenvalue weighted by Crippen LogP contribution is 2.19. The summed E-state index contributed by atoms with van der Waals surface area (Å²) in [6.45, 7) is 4.22. The summed E-state index contributed by atoms with van der Waals surface area (Å²) in [6, 6.07) is 14.8. The third kappa shape index (κ3) is 6.43. The van der Waals surface area contributed by atoms with Gasteiger partial charge in [0.2, 0.25) is 0 Å². The Morgan fingerprint density at radius 3 is 2.69 bits per heavy atom. The van der Waals surface area contributed by atoms with E-state index in [1.165, 1.54) is 6.08 Å². The van der Waals surface area contributed by atoms with Crippen molar-refractivity contribution in [2.24, 2.45) is 0 Å². The van der Waals surface area contributed by atoms with Gasteiger partial charge >= 0.3 is 5.97 Å². The molecule has 0 spiro atoms. The Balaban J connectivity index is 1.85. The lowest BCUT2D eigenvalue weighted by Gasteiger charge is -2.08. The van der Waals surface area contributed by atoms with Crippen LogP contribution in [0.25, 0.3) is 6.08 Å². The molecule has 0 aliphatic rings. The summed E-state index contributed by atoms with van der Waals surface area (Å²) in [5.41, 5.74) is 2.48. The van der Waals surface area contributed by atoms with Crippen molar-refractivity contribution in [3.8, 4) is 5.75 Å². The van der Waals surface area contributed by atoms with Crippen LogP contribution in [0.4, 0.5) is 5.69 Å². The average molecular weight is 353 g/mol. The van der Waals surface area contributed by atoms with Crippen molar-refractivity contribution < 1.29 is 19.1 Å². The summed E-state index contributed by atoms with van der Waals surface area (Å²) in [6.07, 6.45) is 3.80. The molecule has 136 valence electrons. The van der Waals surface area contributed by atoms with Crippen molar-refractivity contribution in [3.05, 3.63) is 65.7 Å². The number of ether oxygens (including phenoxy) is 2. The number of anilines is 1. The topological polar surface area (TPSA) is 64.6 Å². The Hall–Kier alpha value is -3.08. The van der Waals surface area contributed by atoms with Gasteiger partial charge in [0.25, 0.3) is 5.91 Å². The maximum Gasteiger partial charge on any atom is 0.331 e. The van der Waals surface area contributed by atoms with E-state index < -0.39 is 5.97 Å². The molecular weight excluding hydrogens is 330 g/mol. The molecule has 1 amide bonds. The van der Waals surface area contributed by atoms with E-state index in [4.69, 9.17) is 9.47 Å². The average Bonchev–Trinajstić information content (AvgIpc) is 2.63. The lowest BCUT2D eigenvalue weighted by molar-refractivity contribution is -0.142. The molecule has 2 aromatic carbocycles. The first-order valence-electron chi connectivity index (χ1n) is 8.51. The highest BCUT2D eigenvalue weighted by Gasteiger charge is 2.06. The van der Waals surface area contributed by atoms with E-state index in [-0.39, 0.29) is 12.5 Å². The van der Waals surface area contributed by atoms with Gasteiger partial charge in [-0.1, -0.05) is 37.3 Å². The number of hydrogen-bond donors (Lipinski definition) is 1. The zero-order valence-corrected chi connectivity index (χ0v) is 15.0. The third-order valence-electron chi connectivity index (χ3n) is 3.43. The van der Waals surface area contributed by atoms with E-state index in [0.717, 1.165) is 17.5 Å². The molecule has 0 fully saturated rings. The number of carbonyl (C=O) groups is 2. The molecule has 26 heavy (non-hydrogen) atoms. The molecule has 5 heteroatoms. The second-order valence-electron chi connectivity index (χ2n) is 5.74. The van der Waals surface area contributed by atoms with Gasteiger partial charge in [-0.15, -0.1) is 0 Å². The minimum absolute atomic E-state index is 0.342. The van der Waals surface area contributed by atoms with Crippen molar-refractivity contribution in [1.82, 2.24) is 0 Å². The van der Waals surface area contributed by atoms with Gasteiger partial charge in [-0.3, -0.25) is 4.79 Å². The van der Waals surface area contributed by atoms with Crippen LogP contribution in [0.5, 0.6) is 5.75 Å². The van der Waals surface area contributed by atoms with Crippen LogP contribution in [0.15, 0.2) is 54.6 Å². The molecule has 0 bridgehead atoms. The minimum Gasteiger partial charge on any atom is -0.493 e. The third-order valence-corrected chi connectivity index (χ3v) is 3.43. The molecule has 0 aliphatic heterocycles. The molecule has 0 saturated heterocycles. The fraction of sp³-hybridized carbons (Fsp3) is 0.238. The first-order chi connectivity index (χ1) is 12.6. The van der Waals surface area contributed by atoms with Crippen LogP contribution >= 0.6 is 0 Å². The number of aryl methyl sites for hydroxylation is 1. The largest absolute Gasteiger partial charge is 0.493 e. The van der Waals surface area contributed by atoms with Crippen LogP contribution < -0.4 is 10.1 Å². The maximum absolute atomic E-state index is 11.8. The molecule has 0 saturated carbocycles. The highest BCUT2D eigenvalue weighted by atomic mass is 16.5. The molecule has 0 heterocycles. The van der Waals surface area contributed by atoms with Crippen molar-refractivity contribution >= 4 is 23.6 Å². The first-order valence-corrected chi connectivity index (χ1v) is 8.51. The molecule has 1 N–H and O–H groups in total. The van der Waals surface area contributed by atoms with Crippen molar-refractivity contribution in [2.75, 3.05) is 18.5 Å². The van der Waals surface area contributed by atoms with E-state index >= 15 is 0 Å². The Kier molecular flexibility index (Phi) is 7.43. The molecule has 0 unspecified atom stereocenters. The predicted molar refractivity (Wildman–Crippen MR) is 102 cm³/mol. The first kappa shape index (κ1) is 19.2. The number of amides is 1. The van der Waals surface area contributed by atoms with Crippen LogP contribution in [0.1, 0.15) is 24.5 Å². The smallest absolute Gasteiger partial charge is 0.331 e. The number of rotatable bonds is 8. The normalized spacial score (nSPS) is 10.5. The van der Waals surface area contributed by atoms with E-state index in [1.54, 1.807) is 12.1 Å². The van der Waals surface area contributed by atoms with Crippen molar-refractivity contribution in [3.63, 3.8) is 0 Å².